The van der Waals surface area contributed by atoms with Gasteiger partial charge in [0.2, 0.25) is 0 Å². The molecule has 0 fully saturated rings. The first-order chi connectivity index (χ1) is 16.0. The van der Waals surface area contributed by atoms with Crippen molar-refractivity contribution in [2.75, 3.05) is 39.1 Å². The van der Waals surface area contributed by atoms with E-state index in [1.165, 1.54) is 10.5 Å². The van der Waals surface area contributed by atoms with Crippen LogP contribution in [-0.2, 0) is 12.6 Å². The van der Waals surface area contributed by atoms with Gasteiger partial charge in [0, 0.05) is 25.2 Å². The maximum atomic E-state index is 13.1. The van der Waals surface area contributed by atoms with Crippen LogP contribution in [0.25, 0.3) is 10.1 Å². The van der Waals surface area contributed by atoms with E-state index in [1.54, 1.807) is 7.05 Å². The zero-order valence-corrected chi connectivity index (χ0v) is 19.5. The molecular weight excluding hydrogens is 469 g/mol. The van der Waals surface area contributed by atoms with Gasteiger partial charge in [0.25, 0.3) is 11.2 Å². The summed E-state index contributed by atoms with van der Waals surface area (Å²) in [6, 6.07) is 8.85. The van der Waals surface area contributed by atoms with E-state index in [2.05, 4.69) is 21.7 Å². The Balaban J connectivity index is 1.84. The van der Waals surface area contributed by atoms with Crippen molar-refractivity contribution in [1.82, 2.24) is 9.88 Å². The van der Waals surface area contributed by atoms with Crippen molar-refractivity contribution in [2.24, 2.45) is 0 Å². The van der Waals surface area contributed by atoms with Crippen LogP contribution in [0.15, 0.2) is 41.2 Å². The first-order valence-electron chi connectivity index (χ1n) is 10.1. The number of aromatic nitrogens is 1. The molecule has 0 saturated carbocycles. The second-order valence-electron chi connectivity index (χ2n) is 7.84. The highest BCUT2D eigenvalue weighted by Crippen LogP contribution is 2.38. The smallest absolute Gasteiger partial charge is 0.340 e. The number of fused-ring (bicyclic) bond motifs is 1. The Labute approximate surface area is 197 Å². The van der Waals surface area contributed by atoms with Gasteiger partial charge >= 0.3 is 6.18 Å². The number of likely N-dealkylation sites (N-methyl/N-ethyl adjacent to an activating group) is 1. The number of benzene rings is 2. The summed E-state index contributed by atoms with van der Waals surface area (Å²) in [5.74, 6) is 5.96. The molecule has 7 nitrogen and oxygen atoms in total. The van der Waals surface area contributed by atoms with E-state index in [9.17, 15) is 28.1 Å². The molecule has 0 radical (unpaired) electrons. The lowest BCUT2D eigenvalue weighted by atomic mass is 10.1. The monoisotopic (exact) mass is 490 g/mol. The first kappa shape index (κ1) is 25.1. The largest absolute Gasteiger partial charge is 0.416 e. The van der Waals surface area contributed by atoms with Crippen LogP contribution in [-0.4, -0.2) is 49.0 Å². The summed E-state index contributed by atoms with van der Waals surface area (Å²) in [6.07, 6.45) is -3.90. The number of anilines is 1. The number of nitrogens with zero attached hydrogens (tertiary/aromatic N) is 4. The maximum absolute atomic E-state index is 13.1. The summed E-state index contributed by atoms with van der Waals surface area (Å²) in [5.41, 5.74) is -1.03. The molecule has 0 aliphatic heterocycles. The van der Waals surface area contributed by atoms with Crippen LogP contribution in [0.1, 0.15) is 16.7 Å². The molecule has 1 heterocycles. The van der Waals surface area contributed by atoms with Gasteiger partial charge in [-0.15, -0.1) is 0 Å². The summed E-state index contributed by atoms with van der Waals surface area (Å²) < 4.78 is 39.1. The van der Waals surface area contributed by atoms with Gasteiger partial charge in [-0.25, -0.2) is 0 Å². The Kier molecular flexibility index (Phi) is 7.54. The van der Waals surface area contributed by atoms with E-state index in [1.807, 2.05) is 38.4 Å². The fraction of sp³-hybridized carbons (Fsp3) is 0.304. The van der Waals surface area contributed by atoms with Gasteiger partial charge in [0.1, 0.15) is 4.70 Å². The van der Waals surface area contributed by atoms with Gasteiger partial charge < -0.3 is 9.80 Å². The van der Waals surface area contributed by atoms with E-state index in [-0.39, 0.29) is 16.4 Å². The highest BCUT2D eigenvalue weighted by Gasteiger charge is 2.34. The second kappa shape index (κ2) is 10.2. The average molecular weight is 491 g/mol. The van der Waals surface area contributed by atoms with Crippen molar-refractivity contribution < 1.29 is 18.1 Å². The Hall–Kier alpha value is -3.49. The fourth-order valence-electron chi connectivity index (χ4n) is 3.04. The minimum Gasteiger partial charge on any atom is -0.340 e. The molecule has 3 rings (SSSR count). The van der Waals surface area contributed by atoms with Gasteiger partial charge in [0.05, 0.1) is 22.4 Å². The SMILES string of the molecule is CN(C)CCc1ccc(C#CCN(C)c2nc(=O)c3cc(C(F)(F)F)cc([N+](=O)[O-])c3s2)cc1. The number of nitro benzene ring substituents is 1. The number of rotatable bonds is 6. The van der Waals surface area contributed by atoms with Crippen LogP contribution >= 0.6 is 11.3 Å². The van der Waals surface area contributed by atoms with Crippen molar-refractivity contribution in [3.8, 4) is 11.8 Å². The molecular formula is C23H21F3N4O3S. The minimum absolute atomic E-state index is 0.119. The number of hydrogen-bond donors (Lipinski definition) is 0. The van der Waals surface area contributed by atoms with E-state index in [0.717, 1.165) is 29.9 Å². The molecule has 178 valence electrons. The van der Waals surface area contributed by atoms with Crippen molar-refractivity contribution in [3.63, 3.8) is 0 Å². The zero-order valence-electron chi connectivity index (χ0n) is 18.6. The number of non-ortho nitro benzene ring substituents is 1. The lowest BCUT2D eigenvalue weighted by Crippen LogP contribution is -2.21. The normalized spacial score (nSPS) is 11.4. The summed E-state index contributed by atoms with van der Waals surface area (Å²) >= 11 is 0.773. The molecule has 0 N–H and O–H groups in total. The van der Waals surface area contributed by atoms with Gasteiger partial charge in [-0.05, 0) is 44.3 Å². The third-order valence-electron chi connectivity index (χ3n) is 4.89. The lowest BCUT2D eigenvalue weighted by Gasteiger charge is -2.14. The standard InChI is InChI=1S/C23H21F3N4O3S/c1-28(2)12-10-16-8-6-15(7-9-16)5-4-11-29(3)22-27-21(31)18-13-17(23(24,25)26)14-19(30(32)33)20(18)34-22/h6-9,13-14H,10-12H2,1-3H3. The fourth-order valence-corrected chi connectivity index (χ4v) is 4.06. The topological polar surface area (TPSA) is 79.6 Å². The molecule has 2 aromatic carbocycles. The first-order valence-corrected chi connectivity index (χ1v) is 10.9. The summed E-state index contributed by atoms with van der Waals surface area (Å²) in [4.78, 5) is 30.3. The van der Waals surface area contributed by atoms with Crippen molar-refractivity contribution >= 4 is 32.2 Å². The molecule has 0 spiro atoms. The molecule has 0 atom stereocenters. The van der Waals surface area contributed by atoms with E-state index < -0.39 is 33.3 Å². The number of alkyl halides is 3. The number of halogens is 3. The molecule has 11 heteroatoms. The van der Waals surface area contributed by atoms with Crippen molar-refractivity contribution in [2.45, 2.75) is 12.6 Å². The Morgan fingerprint density at radius 2 is 1.82 bits per heavy atom. The maximum Gasteiger partial charge on any atom is 0.416 e. The Morgan fingerprint density at radius 1 is 1.15 bits per heavy atom. The van der Waals surface area contributed by atoms with E-state index in [4.69, 9.17) is 0 Å². The molecule has 34 heavy (non-hydrogen) atoms. The molecule has 0 aliphatic rings. The Morgan fingerprint density at radius 3 is 2.41 bits per heavy atom. The molecule has 3 aromatic rings. The van der Waals surface area contributed by atoms with Gasteiger partial charge in [-0.2, -0.15) is 18.2 Å². The quantitative estimate of drug-likeness (QED) is 0.293. The highest BCUT2D eigenvalue weighted by atomic mass is 32.1. The number of nitro groups is 1. The summed E-state index contributed by atoms with van der Waals surface area (Å²) in [6.45, 7) is 1.10. The minimum atomic E-state index is -4.83. The van der Waals surface area contributed by atoms with Crippen LogP contribution in [0.2, 0.25) is 0 Å². The average Bonchev–Trinajstić information content (AvgIpc) is 2.77. The van der Waals surface area contributed by atoms with Crippen LogP contribution in [0.4, 0.5) is 24.0 Å². The Bertz CT molecular complexity index is 1330. The molecule has 0 saturated heterocycles. The zero-order chi connectivity index (χ0) is 25.0. The summed E-state index contributed by atoms with van der Waals surface area (Å²) in [5, 5.41) is 11.1. The van der Waals surface area contributed by atoms with E-state index in [0.29, 0.717) is 12.1 Å². The molecule has 0 unspecified atom stereocenters. The molecule has 1 aromatic heterocycles. The highest BCUT2D eigenvalue weighted by molar-refractivity contribution is 7.22. The summed E-state index contributed by atoms with van der Waals surface area (Å²) in [7, 11) is 5.61. The van der Waals surface area contributed by atoms with Crippen LogP contribution in [0.3, 0.4) is 0 Å². The van der Waals surface area contributed by atoms with E-state index >= 15 is 0 Å². The second-order valence-corrected chi connectivity index (χ2v) is 8.81. The van der Waals surface area contributed by atoms with Crippen molar-refractivity contribution in [3.05, 3.63) is 73.6 Å². The van der Waals surface area contributed by atoms with Crippen molar-refractivity contribution in [1.29, 1.82) is 0 Å². The third kappa shape index (κ3) is 6.09. The lowest BCUT2D eigenvalue weighted by molar-refractivity contribution is -0.383. The predicted octanol–water partition coefficient (Wildman–Crippen LogP) is 4.18. The van der Waals surface area contributed by atoms with Gasteiger partial charge in [0.15, 0.2) is 5.13 Å². The van der Waals surface area contributed by atoms with Crippen LogP contribution in [0.5, 0.6) is 0 Å². The number of hydrogen-bond acceptors (Lipinski definition) is 7. The molecule has 0 bridgehead atoms. The van der Waals surface area contributed by atoms with Gasteiger partial charge in [-0.1, -0.05) is 35.3 Å². The predicted molar refractivity (Wildman–Crippen MR) is 126 cm³/mol. The molecule has 0 amide bonds. The van der Waals surface area contributed by atoms with Gasteiger partial charge in [-0.3, -0.25) is 14.9 Å². The molecule has 0 aliphatic carbocycles. The third-order valence-corrected chi connectivity index (χ3v) is 6.11. The van der Waals surface area contributed by atoms with Crippen LogP contribution < -0.4 is 10.5 Å². The van der Waals surface area contributed by atoms with Crippen LogP contribution in [0, 0.1) is 22.0 Å².